The van der Waals surface area contributed by atoms with E-state index in [1.165, 1.54) is 6.07 Å². The van der Waals surface area contributed by atoms with E-state index in [4.69, 9.17) is 19.8 Å². The Morgan fingerprint density at radius 3 is 2.76 bits per heavy atom. The number of alkyl halides is 1. The molecule has 8 heterocycles. The third kappa shape index (κ3) is 5.98. The molecule has 2 aromatic carbocycles. The number of halogens is 2. The third-order valence-corrected chi connectivity index (χ3v) is 13.2. The number of phenolic OH excluding ortho intramolecular Hbond substituents is 1. The smallest absolute Gasteiger partial charge is 0.318 e. The maximum absolute atomic E-state index is 15.2. The van der Waals surface area contributed by atoms with Gasteiger partial charge in [0.2, 0.25) is 0 Å². The van der Waals surface area contributed by atoms with E-state index in [2.05, 4.69) is 20.0 Å². The zero-order valence-electron chi connectivity index (χ0n) is 31.5. The number of rotatable bonds is 7. The van der Waals surface area contributed by atoms with Crippen molar-refractivity contribution < 1.29 is 23.4 Å². The highest BCUT2D eigenvalue weighted by molar-refractivity contribution is 5.98. The van der Waals surface area contributed by atoms with Gasteiger partial charge in [0, 0.05) is 68.4 Å². The summed E-state index contributed by atoms with van der Waals surface area (Å²) in [6.45, 7) is 9.03. The average molecular weight is 754 g/mol. The molecule has 0 bridgehead atoms. The van der Waals surface area contributed by atoms with Crippen LogP contribution in [0.4, 0.5) is 20.3 Å². The van der Waals surface area contributed by atoms with Gasteiger partial charge in [-0.15, -0.1) is 0 Å². The number of phenols is 1. The summed E-state index contributed by atoms with van der Waals surface area (Å²) in [7, 11) is 0. The summed E-state index contributed by atoms with van der Waals surface area (Å²) in [5.74, 6) is 0.651. The number of hydrogen-bond acceptors (Lipinski definition) is 10. The lowest BCUT2D eigenvalue weighted by molar-refractivity contribution is 0.0347. The molecule has 4 aromatic rings. The number of anilines is 2. The second kappa shape index (κ2) is 13.3. The number of ether oxygens (including phenoxy) is 1. The molecule has 0 unspecified atom stereocenters. The maximum atomic E-state index is 15.2. The number of aromatic hydroxyl groups is 1. The second-order valence-electron chi connectivity index (χ2n) is 16.7. The van der Waals surface area contributed by atoms with Gasteiger partial charge in [-0.05, 0) is 87.2 Å². The van der Waals surface area contributed by atoms with E-state index in [1.54, 1.807) is 18.2 Å². The van der Waals surface area contributed by atoms with Gasteiger partial charge in [0.05, 0.1) is 35.6 Å². The van der Waals surface area contributed by atoms with Crippen LogP contribution in [0.2, 0.25) is 0 Å². The molecular weight excluding hydrogens is 705 g/mol. The number of carbonyl (C=O) groups excluding carboxylic acids is 1. The normalized spacial score (nSPS) is 24.6. The maximum Gasteiger partial charge on any atom is 0.318 e. The van der Waals surface area contributed by atoms with E-state index >= 15 is 4.39 Å². The fraction of sp³-hybridized carbons (Fsp3) is 0.561. The lowest BCUT2D eigenvalue weighted by Crippen LogP contribution is -2.68. The molecule has 1 spiro atoms. The minimum atomic E-state index is -0.868. The molecule has 290 valence electrons. The lowest BCUT2D eigenvalue weighted by atomic mass is 9.88. The summed E-state index contributed by atoms with van der Waals surface area (Å²) < 4.78 is 38.4. The number of fused-ring (bicyclic) bond motifs is 4. The van der Waals surface area contributed by atoms with Crippen molar-refractivity contribution in [2.45, 2.75) is 95.2 Å². The molecule has 12 nitrogen and oxygen atoms in total. The van der Waals surface area contributed by atoms with E-state index in [1.807, 2.05) is 22.6 Å². The number of nitrogens with zero attached hydrogens (tertiary/aromatic N) is 8. The predicted molar refractivity (Wildman–Crippen MR) is 204 cm³/mol. The van der Waals surface area contributed by atoms with Crippen LogP contribution in [0.3, 0.4) is 0 Å². The van der Waals surface area contributed by atoms with Crippen LogP contribution in [0.15, 0.2) is 30.3 Å². The Labute approximate surface area is 319 Å². The van der Waals surface area contributed by atoms with Gasteiger partial charge in [0.15, 0.2) is 5.69 Å². The molecule has 2 aromatic heterocycles. The Balaban J connectivity index is 0.978. The van der Waals surface area contributed by atoms with Gasteiger partial charge in [0.25, 0.3) is 5.91 Å². The molecule has 0 radical (unpaired) electrons. The third-order valence-electron chi connectivity index (χ3n) is 13.2. The lowest BCUT2D eigenvalue weighted by Gasteiger charge is -2.47. The van der Waals surface area contributed by atoms with Crippen molar-refractivity contribution in [3.05, 3.63) is 64.4 Å². The molecule has 6 aliphatic heterocycles. The fourth-order valence-corrected chi connectivity index (χ4v) is 10.5. The summed E-state index contributed by atoms with van der Waals surface area (Å²) in [5.41, 5.74) is 4.40. The van der Waals surface area contributed by atoms with E-state index in [-0.39, 0.29) is 34.6 Å². The first kappa shape index (κ1) is 34.9. The minimum Gasteiger partial charge on any atom is -0.508 e. The van der Waals surface area contributed by atoms with Crippen molar-refractivity contribution in [2.24, 2.45) is 0 Å². The number of carbonyl (C=O) groups is 1. The van der Waals surface area contributed by atoms with Crippen molar-refractivity contribution in [1.29, 1.82) is 0 Å². The van der Waals surface area contributed by atoms with Crippen LogP contribution in [-0.2, 0) is 32.5 Å². The number of hydrogen-bond donors (Lipinski definition) is 2. The molecular formula is C41H49F2N9O3. The zero-order valence-corrected chi connectivity index (χ0v) is 31.5. The standard InChI is InChI=1S/C41H49F2N9O3/c1-2-30-32(43)7-6-26-16-29(53)18-35(36(26)30)48-15-8-31-34(22-48)45-39(55-25-41-10-4-13-51(41)20-27(42)19-41)46-37(31)49-12-5-14-52-28(21-49)17-33(47-52)38(54)50-23-40(24-50)9-3-11-44-40/h6-7,16-18,27,44,53H,2-5,8-15,19-25H2,1H3/t27-,41+/m1/s1. The topological polar surface area (TPSA) is 115 Å². The van der Waals surface area contributed by atoms with E-state index < -0.39 is 6.17 Å². The van der Waals surface area contributed by atoms with Crippen LogP contribution in [-0.4, -0.2) is 110 Å². The van der Waals surface area contributed by atoms with Gasteiger partial charge >= 0.3 is 6.01 Å². The molecule has 1 amide bonds. The molecule has 10 rings (SSSR count). The SMILES string of the molecule is CCc1c(F)ccc2cc(O)cc(N3CCc4c(nc(OC[C@@]56CCCN5C[C@H](F)C6)nc4N4CCCn5nc(C(=O)N6CC7(CCCN7)C6)cc5C4)C3)c12. The molecule has 14 heteroatoms. The Bertz CT molecular complexity index is 2160. The van der Waals surface area contributed by atoms with Gasteiger partial charge in [-0.3, -0.25) is 14.4 Å². The van der Waals surface area contributed by atoms with Crippen LogP contribution in [0.1, 0.15) is 78.5 Å². The molecule has 2 atom stereocenters. The number of nitrogens with one attached hydrogen (secondary N) is 1. The van der Waals surface area contributed by atoms with Crippen LogP contribution < -0.4 is 19.9 Å². The number of likely N-dealkylation sites (tertiary alicyclic amines) is 1. The highest BCUT2D eigenvalue weighted by Crippen LogP contribution is 2.42. The first-order valence-corrected chi connectivity index (χ1v) is 20.2. The van der Waals surface area contributed by atoms with Gasteiger partial charge in [-0.2, -0.15) is 15.1 Å². The number of aromatic nitrogens is 4. The minimum absolute atomic E-state index is 0.0185. The first-order chi connectivity index (χ1) is 26.7. The van der Waals surface area contributed by atoms with Crippen LogP contribution in [0, 0.1) is 5.82 Å². The van der Waals surface area contributed by atoms with Crippen molar-refractivity contribution in [1.82, 2.24) is 34.9 Å². The summed E-state index contributed by atoms with van der Waals surface area (Å²) >= 11 is 0. The molecule has 4 saturated heterocycles. The molecule has 0 saturated carbocycles. The molecule has 2 N–H and O–H groups in total. The Morgan fingerprint density at radius 1 is 1.04 bits per heavy atom. The van der Waals surface area contributed by atoms with Crippen LogP contribution in [0.25, 0.3) is 10.8 Å². The monoisotopic (exact) mass is 753 g/mol. The molecule has 0 aliphatic carbocycles. The summed E-state index contributed by atoms with van der Waals surface area (Å²) in [6.07, 6.45) is 5.70. The van der Waals surface area contributed by atoms with Crippen LogP contribution in [0.5, 0.6) is 11.8 Å². The predicted octanol–water partition coefficient (Wildman–Crippen LogP) is 4.74. The number of amides is 1. The summed E-state index contributed by atoms with van der Waals surface area (Å²) in [4.78, 5) is 32.3. The van der Waals surface area contributed by atoms with Crippen molar-refractivity contribution >= 4 is 28.2 Å². The van der Waals surface area contributed by atoms with Crippen molar-refractivity contribution in [3.63, 3.8) is 0 Å². The van der Waals surface area contributed by atoms with Gasteiger partial charge in [-0.1, -0.05) is 13.0 Å². The molecule has 6 aliphatic rings. The summed E-state index contributed by atoms with van der Waals surface area (Å²) in [6, 6.07) is 8.82. The van der Waals surface area contributed by atoms with E-state index in [0.29, 0.717) is 69.9 Å². The second-order valence-corrected chi connectivity index (χ2v) is 16.7. The zero-order chi connectivity index (χ0) is 37.5. The highest BCUT2D eigenvalue weighted by Gasteiger charge is 2.50. The quantitative estimate of drug-likeness (QED) is 0.275. The van der Waals surface area contributed by atoms with Crippen molar-refractivity contribution in [3.8, 4) is 11.8 Å². The Morgan fingerprint density at radius 2 is 1.93 bits per heavy atom. The van der Waals surface area contributed by atoms with E-state index in [0.717, 1.165) is 104 Å². The molecule has 55 heavy (non-hydrogen) atoms. The number of aryl methyl sites for hydroxylation is 2. The highest BCUT2D eigenvalue weighted by atomic mass is 19.1. The van der Waals surface area contributed by atoms with Gasteiger partial charge < -0.3 is 29.9 Å². The Kier molecular flexibility index (Phi) is 8.43. The van der Waals surface area contributed by atoms with Gasteiger partial charge in [-0.25, -0.2) is 8.78 Å². The molecule has 4 fully saturated rings. The van der Waals surface area contributed by atoms with Crippen LogP contribution >= 0.6 is 0 Å². The average Bonchev–Trinajstić information content (AvgIpc) is 3.94. The fourth-order valence-electron chi connectivity index (χ4n) is 10.5. The van der Waals surface area contributed by atoms with E-state index in [9.17, 15) is 14.3 Å². The largest absolute Gasteiger partial charge is 0.508 e. The van der Waals surface area contributed by atoms with Gasteiger partial charge in [0.1, 0.15) is 30.2 Å². The Hall–Kier alpha value is -4.56. The number of benzene rings is 2. The summed E-state index contributed by atoms with van der Waals surface area (Å²) in [5, 5.41) is 20.8. The van der Waals surface area contributed by atoms with Crippen molar-refractivity contribution in [2.75, 3.05) is 62.2 Å². The first-order valence-electron chi connectivity index (χ1n) is 20.2.